The molecule has 7 nitrogen and oxygen atoms in total. The Labute approximate surface area is 198 Å². The summed E-state index contributed by atoms with van der Waals surface area (Å²) in [5.41, 5.74) is 1.54. The van der Waals surface area contributed by atoms with Crippen LogP contribution in [0.5, 0.6) is 5.75 Å². The van der Waals surface area contributed by atoms with Gasteiger partial charge in [0.15, 0.2) is 5.43 Å². The summed E-state index contributed by atoms with van der Waals surface area (Å²) in [5.74, 6) is 0.612. The first kappa shape index (κ1) is 22.4. The van der Waals surface area contributed by atoms with E-state index in [0.717, 1.165) is 44.8 Å². The van der Waals surface area contributed by atoms with Crippen LogP contribution >= 0.6 is 0 Å². The highest BCUT2D eigenvalue weighted by Gasteiger charge is 2.42. The topological polar surface area (TPSA) is 72.2 Å². The van der Waals surface area contributed by atoms with Gasteiger partial charge in [0.05, 0.1) is 30.2 Å². The average molecular weight is 461 g/mol. The van der Waals surface area contributed by atoms with Crippen molar-refractivity contribution in [1.29, 1.82) is 0 Å². The Hall–Kier alpha value is -3.42. The van der Waals surface area contributed by atoms with E-state index in [0.29, 0.717) is 35.4 Å². The van der Waals surface area contributed by atoms with E-state index < -0.39 is 6.04 Å². The van der Waals surface area contributed by atoms with Crippen LogP contribution in [-0.2, 0) is 4.74 Å². The van der Waals surface area contributed by atoms with E-state index in [-0.39, 0.29) is 17.1 Å². The van der Waals surface area contributed by atoms with Gasteiger partial charge in [-0.1, -0.05) is 36.9 Å². The molecule has 2 aliphatic heterocycles. The number of ether oxygens (including phenoxy) is 2. The maximum atomic E-state index is 13.5. The molecule has 0 spiro atoms. The quantitative estimate of drug-likeness (QED) is 0.478. The first-order valence-electron chi connectivity index (χ1n) is 11.7. The summed E-state index contributed by atoms with van der Waals surface area (Å²) in [4.78, 5) is 31.1. The van der Waals surface area contributed by atoms with Crippen molar-refractivity contribution in [3.63, 3.8) is 0 Å². The van der Waals surface area contributed by atoms with Gasteiger partial charge in [-0.2, -0.15) is 0 Å². The molecule has 1 fully saturated rings. The van der Waals surface area contributed by atoms with Crippen LogP contribution in [0.4, 0.5) is 0 Å². The summed E-state index contributed by atoms with van der Waals surface area (Å²) < 4.78 is 17.0. The number of amides is 1. The maximum absolute atomic E-state index is 13.5. The normalized spacial score (nSPS) is 18.3. The van der Waals surface area contributed by atoms with Crippen LogP contribution in [0.25, 0.3) is 11.0 Å². The molecule has 1 saturated heterocycles. The van der Waals surface area contributed by atoms with Gasteiger partial charge in [-0.15, -0.1) is 0 Å². The SMILES string of the molecule is C=CCOc1ccc([C@H]2c3c(oc4ccccc4c3=O)C(=O)N2CCCN2CCOCC2)cc1. The number of nitrogens with zero attached hydrogens (tertiary/aromatic N) is 2. The number of hydrogen-bond acceptors (Lipinski definition) is 6. The molecule has 2 aromatic carbocycles. The Bertz CT molecular complexity index is 1240. The number of hydrogen-bond donors (Lipinski definition) is 0. The Morgan fingerprint density at radius 1 is 1.03 bits per heavy atom. The Kier molecular flexibility index (Phi) is 6.47. The molecule has 1 atom stereocenters. The van der Waals surface area contributed by atoms with Gasteiger partial charge in [0.2, 0.25) is 5.76 Å². The monoisotopic (exact) mass is 460 g/mol. The third-order valence-corrected chi connectivity index (χ3v) is 6.41. The van der Waals surface area contributed by atoms with Gasteiger partial charge in [-0.25, -0.2) is 0 Å². The molecule has 1 amide bonds. The molecule has 0 unspecified atom stereocenters. The molecule has 3 heterocycles. The summed E-state index contributed by atoms with van der Waals surface area (Å²) in [5, 5.41) is 0.486. The molecule has 5 rings (SSSR count). The maximum Gasteiger partial charge on any atom is 0.290 e. The molecular formula is C27H28N2O5. The summed E-state index contributed by atoms with van der Waals surface area (Å²) in [6, 6.07) is 14.1. The second kappa shape index (κ2) is 9.83. The van der Waals surface area contributed by atoms with Crippen molar-refractivity contribution >= 4 is 16.9 Å². The molecule has 0 radical (unpaired) electrons. The van der Waals surface area contributed by atoms with Crippen LogP contribution < -0.4 is 10.2 Å². The number of carbonyl (C=O) groups excluding carboxylic acids is 1. The third-order valence-electron chi connectivity index (χ3n) is 6.41. The number of morpholine rings is 1. The molecule has 0 aliphatic carbocycles. The smallest absolute Gasteiger partial charge is 0.290 e. The van der Waals surface area contributed by atoms with E-state index in [4.69, 9.17) is 13.9 Å². The average Bonchev–Trinajstić information content (AvgIpc) is 3.15. The van der Waals surface area contributed by atoms with Gasteiger partial charge in [0.1, 0.15) is 17.9 Å². The lowest BCUT2D eigenvalue weighted by atomic mass is 9.98. The Morgan fingerprint density at radius 2 is 1.79 bits per heavy atom. The highest BCUT2D eigenvalue weighted by molar-refractivity contribution is 5.99. The van der Waals surface area contributed by atoms with Gasteiger partial charge in [-0.05, 0) is 36.2 Å². The molecule has 0 saturated carbocycles. The van der Waals surface area contributed by atoms with Gasteiger partial charge in [0.25, 0.3) is 5.91 Å². The first-order chi connectivity index (χ1) is 16.7. The minimum Gasteiger partial charge on any atom is -0.490 e. The zero-order chi connectivity index (χ0) is 23.5. The molecular weight excluding hydrogens is 432 g/mol. The van der Waals surface area contributed by atoms with Crippen molar-refractivity contribution in [1.82, 2.24) is 9.80 Å². The first-order valence-corrected chi connectivity index (χ1v) is 11.7. The van der Waals surface area contributed by atoms with E-state index in [1.807, 2.05) is 30.3 Å². The van der Waals surface area contributed by atoms with Gasteiger partial charge in [0, 0.05) is 26.2 Å². The van der Waals surface area contributed by atoms with Crippen LogP contribution in [-0.4, -0.2) is 61.7 Å². The molecule has 3 aromatic rings. The van der Waals surface area contributed by atoms with Crippen molar-refractivity contribution in [2.75, 3.05) is 46.0 Å². The minimum atomic E-state index is -0.499. The van der Waals surface area contributed by atoms with Crippen LogP contribution in [0.3, 0.4) is 0 Å². The van der Waals surface area contributed by atoms with Gasteiger partial charge >= 0.3 is 0 Å². The zero-order valence-corrected chi connectivity index (χ0v) is 19.1. The standard InChI is InChI=1S/C27H28N2O5/c1-2-16-33-20-10-8-19(9-11-20)24-23-25(30)21-6-3-4-7-22(21)34-26(23)27(31)29(24)13-5-12-28-14-17-32-18-15-28/h2-4,6-11,24H,1,5,12-18H2/t24-/m0/s1. The number of para-hydroxylation sites is 1. The molecule has 7 heteroatoms. The lowest BCUT2D eigenvalue weighted by molar-refractivity contribution is 0.0353. The second-order valence-electron chi connectivity index (χ2n) is 8.55. The molecule has 1 aromatic heterocycles. The predicted octanol–water partition coefficient (Wildman–Crippen LogP) is 3.63. The van der Waals surface area contributed by atoms with E-state index in [1.54, 1.807) is 29.2 Å². The molecule has 2 aliphatic rings. The van der Waals surface area contributed by atoms with E-state index in [1.165, 1.54) is 0 Å². The molecule has 34 heavy (non-hydrogen) atoms. The van der Waals surface area contributed by atoms with Crippen molar-refractivity contribution in [3.05, 3.63) is 88.3 Å². The summed E-state index contributed by atoms with van der Waals surface area (Å²) in [7, 11) is 0. The Balaban J connectivity index is 1.49. The highest BCUT2D eigenvalue weighted by atomic mass is 16.5. The number of fused-ring (bicyclic) bond motifs is 2. The number of carbonyl (C=O) groups is 1. The Morgan fingerprint density at radius 3 is 2.56 bits per heavy atom. The second-order valence-corrected chi connectivity index (χ2v) is 8.55. The van der Waals surface area contributed by atoms with Gasteiger partial charge < -0.3 is 18.8 Å². The highest BCUT2D eigenvalue weighted by Crippen LogP contribution is 2.38. The summed E-state index contributed by atoms with van der Waals surface area (Å²) in [6.07, 6.45) is 2.48. The van der Waals surface area contributed by atoms with Gasteiger partial charge in [-0.3, -0.25) is 14.5 Å². The molecule has 0 bridgehead atoms. The third kappa shape index (κ3) is 4.24. The largest absolute Gasteiger partial charge is 0.490 e. The number of rotatable bonds is 8. The van der Waals surface area contributed by atoms with Crippen LogP contribution in [0, 0.1) is 0 Å². The van der Waals surface area contributed by atoms with Crippen molar-refractivity contribution in [2.24, 2.45) is 0 Å². The van der Waals surface area contributed by atoms with E-state index in [2.05, 4.69) is 11.5 Å². The van der Waals surface area contributed by atoms with Crippen LogP contribution in [0.15, 0.2) is 70.4 Å². The summed E-state index contributed by atoms with van der Waals surface area (Å²) >= 11 is 0. The van der Waals surface area contributed by atoms with E-state index >= 15 is 0 Å². The fourth-order valence-corrected chi connectivity index (χ4v) is 4.74. The summed E-state index contributed by atoms with van der Waals surface area (Å²) in [6.45, 7) is 8.75. The predicted molar refractivity (Wildman–Crippen MR) is 129 cm³/mol. The van der Waals surface area contributed by atoms with Crippen LogP contribution in [0.2, 0.25) is 0 Å². The van der Waals surface area contributed by atoms with Crippen molar-refractivity contribution in [2.45, 2.75) is 12.5 Å². The fraction of sp³-hybridized carbons (Fsp3) is 0.333. The molecule has 0 N–H and O–H groups in total. The van der Waals surface area contributed by atoms with Crippen LogP contribution in [0.1, 0.15) is 34.1 Å². The minimum absolute atomic E-state index is 0.145. The van der Waals surface area contributed by atoms with Crippen molar-refractivity contribution in [3.8, 4) is 5.75 Å². The number of benzene rings is 2. The van der Waals surface area contributed by atoms with E-state index in [9.17, 15) is 9.59 Å². The van der Waals surface area contributed by atoms with Crippen molar-refractivity contribution < 1.29 is 18.7 Å². The lowest BCUT2D eigenvalue weighted by Gasteiger charge is -2.29. The molecule has 176 valence electrons. The fourth-order valence-electron chi connectivity index (χ4n) is 4.74. The zero-order valence-electron chi connectivity index (χ0n) is 19.1. The lowest BCUT2D eigenvalue weighted by Crippen LogP contribution is -2.38.